The summed E-state index contributed by atoms with van der Waals surface area (Å²) in [6.45, 7) is 1.90. The fourth-order valence-electron chi connectivity index (χ4n) is 0.313. The van der Waals surface area contributed by atoms with Crippen LogP contribution >= 0.6 is 22.9 Å². The predicted molar refractivity (Wildman–Crippen MR) is 34.2 cm³/mol. The Morgan fingerprint density at radius 1 is 1.86 bits per heavy atom. The lowest BCUT2D eigenvalue weighted by molar-refractivity contribution is 0.895. The van der Waals surface area contributed by atoms with Gasteiger partial charge in [0.1, 0.15) is 22.9 Å². The SMILES string of the molecule is Cc1cnn(I)n1. The molecule has 0 spiro atoms. The topological polar surface area (TPSA) is 30.7 Å². The summed E-state index contributed by atoms with van der Waals surface area (Å²) in [6, 6.07) is 0. The third-order valence-electron chi connectivity index (χ3n) is 0.580. The Hall–Kier alpha value is -0.130. The summed E-state index contributed by atoms with van der Waals surface area (Å²) in [4.78, 5) is 0. The molecule has 1 heterocycles. The van der Waals surface area contributed by atoms with E-state index in [-0.39, 0.29) is 0 Å². The maximum atomic E-state index is 3.90. The third-order valence-corrected chi connectivity index (χ3v) is 1.04. The van der Waals surface area contributed by atoms with Crippen molar-refractivity contribution in [2.24, 2.45) is 0 Å². The zero-order valence-electron chi connectivity index (χ0n) is 3.80. The quantitative estimate of drug-likeness (QED) is 0.591. The van der Waals surface area contributed by atoms with Gasteiger partial charge in [-0.05, 0) is 6.92 Å². The normalized spacial score (nSPS) is 9.43. The van der Waals surface area contributed by atoms with Gasteiger partial charge in [-0.2, -0.15) is 5.10 Å². The van der Waals surface area contributed by atoms with E-state index in [0.717, 1.165) is 5.69 Å². The molecule has 0 aliphatic rings. The number of hydrogen-bond donors (Lipinski definition) is 0. The number of hydrogen-bond acceptors (Lipinski definition) is 2. The van der Waals surface area contributed by atoms with Gasteiger partial charge in [-0.15, -0.1) is 8.11 Å². The van der Waals surface area contributed by atoms with Gasteiger partial charge >= 0.3 is 0 Å². The average Bonchev–Trinajstić information content (AvgIpc) is 1.87. The van der Waals surface area contributed by atoms with Crippen molar-refractivity contribution >= 4 is 22.9 Å². The number of aromatic nitrogens is 3. The van der Waals surface area contributed by atoms with Gasteiger partial charge in [0, 0.05) is 0 Å². The van der Waals surface area contributed by atoms with E-state index < -0.39 is 0 Å². The minimum atomic E-state index is 0.953. The van der Waals surface area contributed by atoms with Crippen molar-refractivity contribution in [2.45, 2.75) is 6.92 Å². The minimum absolute atomic E-state index is 0.953. The highest BCUT2D eigenvalue weighted by molar-refractivity contribution is 14.1. The molecule has 1 rings (SSSR count). The first-order chi connectivity index (χ1) is 3.29. The van der Waals surface area contributed by atoms with E-state index in [2.05, 4.69) is 10.2 Å². The number of halogens is 1. The lowest BCUT2D eigenvalue weighted by Gasteiger charge is -1.73. The molecular formula is C3H4IN3. The van der Waals surface area contributed by atoms with Crippen LogP contribution in [0, 0.1) is 6.92 Å². The largest absolute Gasteiger partial charge is 0.152 e. The summed E-state index contributed by atoms with van der Waals surface area (Å²) in [7, 11) is 0. The van der Waals surface area contributed by atoms with Crippen LogP contribution in [0.2, 0.25) is 0 Å². The molecule has 0 bridgehead atoms. The zero-order chi connectivity index (χ0) is 5.28. The monoisotopic (exact) mass is 209 g/mol. The maximum absolute atomic E-state index is 3.90. The Balaban J connectivity index is 3.04. The number of aryl methyl sites for hydroxylation is 1. The van der Waals surface area contributed by atoms with Crippen LogP contribution in [0.15, 0.2) is 6.20 Å². The van der Waals surface area contributed by atoms with Gasteiger partial charge in [-0.25, -0.2) is 0 Å². The molecular weight excluding hydrogens is 205 g/mol. The first kappa shape index (κ1) is 5.02. The van der Waals surface area contributed by atoms with Crippen LogP contribution < -0.4 is 0 Å². The van der Waals surface area contributed by atoms with E-state index in [1.807, 2.05) is 29.8 Å². The van der Waals surface area contributed by atoms with E-state index in [4.69, 9.17) is 0 Å². The molecule has 0 aliphatic carbocycles. The number of rotatable bonds is 0. The molecule has 1 aromatic rings. The van der Waals surface area contributed by atoms with Crippen molar-refractivity contribution in [1.82, 2.24) is 13.2 Å². The molecule has 0 amide bonds. The molecule has 0 saturated carbocycles. The Morgan fingerprint density at radius 3 is 2.71 bits per heavy atom. The van der Waals surface area contributed by atoms with Crippen LogP contribution in [0.4, 0.5) is 0 Å². The van der Waals surface area contributed by atoms with Crippen molar-refractivity contribution in [3.8, 4) is 0 Å². The molecule has 3 nitrogen and oxygen atoms in total. The standard InChI is InChI=1S/C3H4IN3/c1-3-2-5-7(4)6-3/h2H,1H3. The molecule has 0 saturated heterocycles. The molecule has 4 heteroatoms. The van der Waals surface area contributed by atoms with E-state index in [9.17, 15) is 0 Å². The van der Waals surface area contributed by atoms with E-state index in [1.54, 1.807) is 6.20 Å². The number of nitrogens with zero attached hydrogens (tertiary/aromatic N) is 3. The van der Waals surface area contributed by atoms with Crippen molar-refractivity contribution in [3.05, 3.63) is 11.9 Å². The second-order valence-electron chi connectivity index (χ2n) is 1.23. The highest BCUT2D eigenvalue weighted by Gasteiger charge is 1.85. The van der Waals surface area contributed by atoms with Crippen LogP contribution in [0.1, 0.15) is 5.69 Å². The fourth-order valence-corrected chi connectivity index (χ4v) is 0.778. The maximum Gasteiger partial charge on any atom is 0.111 e. The van der Waals surface area contributed by atoms with Crippen molar-refractivity contribution in [3.63, 3.8) is 0 Å². The Bertz CT molecular complexity index is 142. The second kappa shape index (κ2) is 1.77. The highest BCUT2D eigenvalue weighted by Crippen LogP contribution is 1.89. The molecule has 0 radical (unpaired) electrons. The molecule has 0 aliphatic heterocycles. The minimum Gasteiger partial charge on any atom is -0.152 e. The van der Waals surface area contributed by atoms with Crippen LogP contribution in [0.3, 0.4) is 0 Å². The van der Waals surface area contributed by atoms with Crippen molar-refractivity contribution in [1.29, 1.82) is 0 Å². The molecule has 1 aromatic heterocycles. The first-order valence-electron chi connectivity index (χ1n) is 1.84. The van der Waals surface area contributed by atoms with Crippen molar-refractivity contribution < 1.29 is 0 Å². The predicted octanol–water partition coefficient (Wildman–Crippen LogP) is 0.785. The van der Waals surface area contributed by atoms with Crippen LogP contribution in [-0.4, -0.2) is 13.2 Å². The molecule has 7 heavy (non-hydrogen) atoms. The Labute approximate surface area is 55.2 Å². The van der Waals surface area contributed by atoms with Crippen LogP contribution in [0.5, 0.6) is 0 Å². The molecule has 0 unspecified atom stereocenters. The Morgan fingerprint density at radius 2 is 2.57 bits per heavy atom. The van der Waals surface area contributed by atoms with Gasteiger partial charge in [0.25, 0.3) is 0 Å². The lowest BCUT2D eigenvalue weighted by atomic mass is 10.6. The second-order valence-corrected chi connectivity index (χ2v) is 2.09. The van der Waals surface area contributed by atoms with Crippen LogP contribution in [-0.2, 0) is 0 Å². The summed E-state index contributed by atoms with van der Waals surface area (Å²) in [5.41, 5.74) is 0.953. The fraction of sp³-hybridized carbons (Fsp3) is 0.333. The van der Waals surface area contributed by atoms with Gasteiger partial charge in [-0.1, -0.05) is 0 Å². The molecule has 0 atom stereocenters. The van der Waals surface area contributed by atoms with Gasteiger partial charge in [0.2, 0.25) is 0 Å². The summed E-state index contributed by atoms with van der Waals surface area (Å²) < 4.78 is 1.51. The zero-order valence-corrected chi connectivity index (χ0v) is 5.95. The molecule has 0 fully saturated rings. The molecule has 0 aromatic carbocycles. The van der Waals surface area contributed by atoms with Gasteiger partial charge < -0.3 is 0 Å². The van der Waals surface area contributed by atoms with Crippen LogP contribution in [0.25, 0.3) is 0 Å². The lowest BCUT2D eigenvalue weighted by Crippen LogP contribution is -1.81. The summed E-state index contributed by atoms with van der Waals surface area (Å²) in [5.74, 6) is 0. The van der Waals surface area contributed by atoms with Crippen molar-refractivity contribution in [2.75, 3.05) is 0 Å². The Kier molecular flexibility index (Phi) is 1.27. The summed E-state index contributed by atoms with van der Waals surface area (Å²) in [6.07, 6.45) is 1.71. The molecule has 38 valence electrons. The first-order valence-corrected chi connectivity index (χ1v) is 2.80. The van der Waals surface area contributed by atoms with Gasteiger partial charge in [0.05, 0.1) is 11.9 Å². The van der Waals surface area contributed by atoms with E-state index >= 15 is 0 Å². The third kappa shape index (κ3) is 1.12. The smallest absolute Gasteiger partial charge is 0.111 e. The summed E-state index contributed by atoms with van der Waals surface area (Å²) >= 11 is 2.00. The van der Waals surface area contributed by atoms with E-state index in [1.165, 1.54) is 3.01 Å². The highest BCUT2D eigenvalue weighted by atomic mass is 127. The molecule has 0 N–H and O–H groups in total. The average molecular weight is 209 g/mol. The van der Waals surface area contributed by atoms with Gasteiger partial charge in [0.15, 0.2) is 0 Å². The summed E-state index contributed by atoms with van der Waals surface area (Å²) in [5, 5.41) is 7.71. The van der Waals surface area contributed by atoms with Gasteiger partial charge in [-0.3, -0.25) is 0 Å². The van der Waals surface area contributed by atoms with E-state index in [0.29, 0.717) is 0 Å².